The van der Waals surface area contributed by atoms with Crippen molar-refractivity contribution in [3.05, 3.63) is 125 Å². The Morgan fingerprint density at radius 1 is 0.608 bits per heavy atom. The number of carbonyl (C=O) groups is 6. The van der Waals surface area contributed by atoms with Crippen molar-refractivity contribution in [2.24, 2.45) is 5.92 Å². The maximum atomic E-state index is 12.1. The Kier molecular flexibility index (Phi) is 19.2. The molecular weight excluding hydrogens is 1000 g/mol. The highest BCUT2D eigenvalue weighted by atomic mass is 35.5. The minimum absolute atomic E-state index is 0. The summed E-state index contributed by atoms with van der Waals surface area (Å²) in [6, 6.07) is 14.0. The number of ether oxygens (including phenoxy) is 9. The number of fused-ring (bicyclic) bond motifs is 3. The summed E-state index contributed by atoms with van der Waals surface area (Å²) in [5.74, 6) is 0.0552. The molecule has 18 nitrogen and oxygen atoms in total. The van der Waals surface area contributed by atoms with E-state index >= 15 is 0 Å². The Bertz CT molecular complexity index is 2900. The van der Waals surface area contributed by atoms with Crippen LogP contribution in [-0.4, -0.2) is 98.9 Å². The van der Waals surface area contributed by atoms with Crippen molar-refractivity contribution in [2.45, 2.75) is 98.3 Å². The Morgan fingerprint density at radius 2 is 1.03 bits per heavy atom. The SMILES string of the molecule is C.COc1c(OCC2CCCC2)cc2c(c1C=O)CC(O)OC2=O.COc1c(OCc2ccc(C)cc2Cl)cc2c(c1C=O)CC(O)OC2=O.COc1c(OCc2ccc(C)s2)cc2c(c1C=O)CC(O)OC2=O. The zero-order valence-corrected chi connectivity index (χ0v) is 42.1. The maximum Gasteiger partial charge on any atom is 0.340 e. The molecule has 74 heavy (non-hydrogen) atoms. The summed E-state index contributed by atoms with van der Waals surface area (Å²) in [5.41, 5.74) is 4.22. The largest absolute Gasteiger partial charge is 0.492 e. The lowest BCUT2D eigenvalue weighted by molar-refractivity contribution is -0.0699. The Hall–Kier alpha value is -7.03. The molecule has 0 spiro atoms. The molecule has 3 N–H and O–H groups in total. The van der Waals surface area contributed by atoms with E-state index in [0.717, 1.165) is 33.7 Å². The molecule has 3 unspecified atom stereocenters. The zero-order chi connectivity index (χ0) is 52.5. The molecule has 394 valence electrons. The zero-order valence-electron chi connectivity index (χ0n) is 40.5. The highest BCUT2D eigenvalue weighted by Crippen LogP contribution is 2.42. The molecule has 0 radical (unpaired) electrons. The molecule has 9 rings (SSSR count). The fourth-order valence-corrected chi connectivity index (χ4v) is 9.95. The van der Waals surface area contributed by atoms with Gasteiger partial charge in [-0.05, 0) is 91.3 Å². The third kappa shape index (κ3) is 12.7. The summed E-state index contributed by atoms with van der Waals surface area (Å²) in [5, 5.41) is 29.4. The molecular formula is C54H57ClO18S. The monoisotopic (exact) mass is 1060 g/mol. The number of aliphatic hydroxyl groups excluding tert-OH is 3. The van der Waals surface area contributed by atoms with Crippen molar-refractivity contribution in [3.8, 4) is 34.5 Å². The van der Waals surface area contributed by atoms with Crippen LogP contribution in [0.1, 0.15) is 133 Å². The minimum atomic E-state index is -1.29. The number of benzene rings is 4. The van der Waals surface area contributed by atoms with Crippen LogP contribution in [0.2, 0.25) is 5.02 Å². The van der Waals surface area contributed by atoms with Crippen LogP contribution in [0.4, 0.5) is 0 Å². The minimum Gasteiger partial charge on any atom is -0.492 e. The van der Waals surface area contributed by atoms with E-state index < -0.39 is 36.8 Å². The van der Waals surface area contributed by atoms with Gasteiger partial charge in [-0.1, -0.05) is 44.0 Å². The predicted molar refractivity (Wildman–Crippen MR) is 269 cm³/mol. The number of carbonyl (C=O) groups excluding carboxylic acids is 6. The van der Waals surface area contributed by atoms with Crippen molar-refractivity contribution >= 4 is 59.7 Å². The summed E-state index contributed by atoms with van der Waals surface area (Å²) in [4.78, 5) is 72.9. The van der Waals surface area contributed by atoms with Gasteiger partial charge in [0.15, 0.2) is 53.4 Å². The van der Waals surface area contributed by atoms with Crippen LogP contribution in [0.25, 0.3) is 0 Å². The number of aldehydes is 3. The second-order valence-corrected chi connectivity index (χ2v) is 19.0. The van der Waals surface area contributed by atoms with Gasteiger partial charge < -0.3 is 58.0 Å². The molecule has 3 aliphatic heterocycles. The third-order valence-corrected chi connectivity index (χ3v) is 13.7. The molecule has 1 saturated carbocycles. The molecule has 20 heteroatoms. The van der Waals surface area contributed by atoms with Crippen LogP contribution in [0, 0.1) is 19.8 Å². The highest BCUT2D eigenvalue weighted by Gasteiger charge is 2.34. The smallest absolute Gasteiger partial charge is 0.340 e. The van der Waals surface area contributed by atoms with Gasteiger partial charge in [-0.25, -0.2) is 14.4 Å². The van der Waals surface area contributed by atoms with Gasteiger partial charge in [0, 0.05) is 39.6 Å². The van der Waals surface area contributed by atoms with Gasteiger partial charge in [0.1, 0.15) is 13.2 Å². The normalized spacial score (nSPS) is 17.3. The summed E-state index contributed by atoms with van der Waals surface area (Å²) in [6.07, 6.45) is 2.78. The van der Waals surface area contributed by atoms with Crippen molar-refractivity contribution in [3.63, 3.8) is 0 Å². The Labute approximate surface area is 435 Å². The average molecular weight is 1060 g/mol. The highest BCUT2D eigenvalue weighted by molar-refractivity contribution is 7.11. The van der Waals surface area contributed by atoms with Crippen molar-refractivity contribution < 1.29 is 86.7 Å². The number of thiophene rings is 1. The van der Waals surface area contributed by atoms with Crippen LogP contribution in [0.5, 0.6) is 34.5 Å². The van der Waals surface area contributed by atoms with Crippen LogP contribution < -0.4 is 28.4 Å². The number of aliphatic hydroxyl groups is 3. The second-order valence-electron chi connectivity index (χ2n) is 17.2. The van der Waals surface area contributed by atoms with E-state index in [1.807, 2.05) is 44.2 Å². The van der Waals surface area contributed by atoms with E-state index in [1.165, 1.54) is 46.3 Å². The molecule has 5 aromatic rings. The molecule has 1 aromatic heterocycles. The van der Waals surface area contributed by atoms with Crippen molar-refractivity contribution in [2.75, 3.05) is 27.9 Å². The van der Waals surface area contributed by atoms with Gasteiger partial charge in [-0.2, -0.15) is 0 Å². The lowest BCUT2D eigenvalue weighted by Gasteiger charge is -2.24. The van der Waals surface area contributed by atoms with Gasteiger partial charge in [0.05, 0.1) is 61.3 Å². The maximum absolute atomic E-state index is 12.1. The number of esters is 3. The number of aryl methyl sites for hydroxylation is 2. The van der Waals surface area contributed by atoms with Crippen molar-refractivity contribution in [1.29, 1.82) is 0 Å². The van der Waals surface area contributed by atoms with Gasteiger partial charge in [-0.3, -0.25) is 14.4 Å². The van der Waals surface area contributed by atoms with E-state index in [4.69, 9.17) is 54.2 Å². The first kappa shape index (κ1) is 56.3. The summed E-state index contributed by atoms with van der Waals surface area (Å²) in [7, 11) is 4.28. The standard InChI is InChI=1S/C19H17ClO6.C17H16O6S.C17H20O6.CH4/c1-10-3-4-11(15(20)5-10)9-25-16-6-13-12(7-17(22)26-19(13)23)14(8-21)18(16)24-2;1-9-3-4-10(24-9)8-22-14-5-12-11(6-15(19)23-17(12)20)13(7-18)16(14)21-2;1-21-16-13(8-18)11-7-15(19)23-17(20)12(11)6-14(16)22-9-10-4-2-3-5-10;/h3-6,8,17,22H,7,9H2,1-2H3;3-5,7,15,19H,6,8H2,1-2H3;6,8,10,15,19H,2-5,7,9H2,1H3;1H4. The van der Waals surface area contributed by atoms with E-state index in [9.17, 15) is 44.1 Å². The molecule has 3 atom stereocenters. The summed E-state index contributed by atoms with van der Waals surface area (Å²) in [6.45, 7) is 4.89. The number of rotatable bonds is 15. The summed E-state index contributed by atoms with van der Waals surface area (Å²) >= 11 is 7.81. The first-order valence-electron chi connectivity index (χ1n) is 23.0. The van der Waals surface area contributed by atoms with Gasteiger partial charge >= 0.3 is 17.9 Å². The fraction of sp³-hybridized carbons (Fsp3) is 0.370. The lowest BCUT2D eigenvalue weighted by atomic mass is 9.95. The Balaban J connectivity index is 0.000000180. The number of hydrogen-bond donors (Lipinski definition) is 3. The van der Waals surface area contributed by atoms with Crippen LogP contribution in [-0.2, 0) is 46.7 Å². The van der Waals surface area contributed by atoms with E-state index in [-0.39, 0.29) is 89.7 Å². The number of hydrogen-bond acceptors (Lipinski definition) is 19. The molecule has 4 heterocycles. The van der Waals surface area contributed by atoms with Gasteiger partial charge in [-0.15, -0.1) is 11.3 Å². The molecule has 1 aliphatic carbocycles. The first-order valence-corrected chi connectivity index (χ1v) is 24.2. The first-order chi connectivity index (χ1) is 35.1. The average Bonchev–Trinajstić information content (AvgIpc) is 4.05. The fourth-order valence-electron chi connectivity index (χ4n) is 8.86. The van der Waals surface area contributed by atoms with Crippen LogP contribution >= 0.6 is 22.9 Å². The molecule has 0 amide bonds. The molecule has 4 aromatic carbocycles. The van der Waals surface area contributed by atoms with Crippen LogP contribution in [0.3, 0.4) is 0 Å². The number of cyclic esters (lactones) is 3. The molecule has 0 saturated heterocycles. The van der Waals surface area contributed by atoms with Gasteiger partial charge in [0.2, 0.25) is 18.9 Å². The van der Waals surface area contributed by atoms with E-state index in [1.54, 1.807) is 17.4 Å². The van der Waals surface area contributed by atoms with Crippen molar-refractivity contribution in [1.82, 2.24) is 0 Å². The van der Waals surface area contributed by atoms with Gasteiger partial charge in [0.25, 0.3) is 0 Å². The molecule has 1 fully saturated rings. The number of halogens is 1. The Morgan fingerprint density at radius 3 is 1.41 bits per heavy atom. The predicted octanol–water partition coefficient (Wildman–Crippen LogP) is 8.31. The topological polar surface area (TPSA) is 246 Å². The van der Waals surface area contributed by atoms with Crippen LogP contribution in [0.15, 0.2) is 48.5 Å². The molecule has 0 bridgehead atoms. The number of methoxy groups -OCH3 is 3. The quantitative estimate of drug-likeness (QED) is 0.0507. The third-order valence-electron chi connectivity index (χ3n) is 12.4. The lowest BCUT2D eigenvalue weighted by Crippen LogP contribution is -2.28. The van der Waals surface area contributed by atoms with E-state index in [0.29, 0.717) is 71.2 Å². The second kappa shape index (κ2) is 25.3. The summed E-state index contributed by atoms with van der Waals surface area (Å²) < 4.78 is 47.8. The van der Waals surface area contributed by atoms with E-state index in [2.05, 4.69) is 0 Å². The molecule has 4 aliphatic rings.